The van der Waals surface area contributed by atoms with Crippen molar-refractivity contribution >= 4 is 18.1 Å². The zero-order valence-corrected chi connectivity index (χ0v) is 7.40. The number of hydrogen-bond donors (Lipinski definition) is 1. The Hall–Kier alpha value is -0.480. The van der Waals surface area contributed by atoms with Gasteiger partial charge in [0.15, 0.2) is 0 Å². The fraction of sp³-hybridized carbons (Fsp3) is 0.571. The Bertz CT molecular complexity index is 186. The quantitative estimate of drug-likeness (QED) is 0.627. The maximum atomic E-state index is 5.35. The molecule has 0 unspecified atom stereocenters. The molecule has 0 bridgehead atoms. The minimum Gasteiger partial charge on any atom is -0.330 e. The second-order valence-electron chi connectivity index (χ2n) is 2.25. The molecule has 0 aromatic carbocycles. The molecule has 0 atom stereocenters. The zero-order chi connectivity index (χ0) is 8.10. The number of nitrogens with zero attached hydrogens (tertiary/aromatic N) is 2. The minimum atomic E-state index is 0.734. The summed E-state index contributed by atoms with van der Waals surface area (Å²) in [6.07, 6.45) is 1.60. The molecular formula is C7H12N3S. The van der Waals surface area contributed by atoms with Crippen LogP contribution in [0.25, 0.3) is 0 Å². The Morgan fingerprint density at radius 2 is 2.45 bits per heavy atom. The van der Waals surface area contributed by atoms with Crippen molar-refractivity contribution in [1.82, 2.24) is 5.32 Å². The third-order valence-corrected chi connectivity index (χ3v) is 2.39. The van der Waals surface area contributed by atoms with Crippen molar-refractivity contribution in [3.63, 3.8) is 0 Å². The normalized spacial score (nSPS) is 15.8. The molecular weight excluding hydrogens is 158 g/mol. The van der Waals surface area contributed by atoms with Gasteiger partial charge in [0.1, 0.15) is 6.34 Å². The molecule has 0 spiro atoms. The lowest BCUT2D eigenvalue weighted by Crippen LogP contribution is -2.05. The largest absolute Gasteiger partial charge is 0.330 e. The molecule has 0 fully saturated rings. The van der Waals surface area contributed by atoms with Crippen LogP contribution >= 0.6 is 11.8 Å². The van der Waals surface area contributed by atoms with Gasteiger partial charge in [0.2, 0.25) is 0 Å². The highest BCUT2D eigenvalue weighted by molar-refractivity contribution is 7.99. The predicted octanol–water partition coefficient (Wildman–Crippen LogP) is 0.556. The first-order valence-electron chi connectivity index (χ1n) is 3.55. The summed E-state index contributed by atoms with van der Waals surface area (Å²) in [5.74, 6) is 1.93. The lowest BCUT2D eigenvalue weighted by Gasteiger charge is -1.99. The number of nitrogens with two attached hydrogens (primary N) is 1. The van der Waals surface area contributed by atoms with Gasteiger partial charge >= 0.3 is 0 Å². The van der Waals surface area contributed by atoms with Gasteiger partial charge in [-0.3, -0.25) is 0 Å². The van der Waals surface area contributed by atoms with E-state index in [0.29, 0.717) is 0 Å². The fourth-order valence-electron chi connectivity index (χ4n) is 0.747. The van der Waals surface area contributed by atoms with Crippen LogP contribution in [-0.2, 0) is 0 Å². The molecule has 61 valence electrons. The van der Waals surface area contributed by atoms with E-state index >= 15 is 0 Å². The van der Waals surface area contributed by atoms with Gasteiger partial charge in [0.25, 0.3) is 0 Å². The Balaban J connectivity index is 2.22. The topological polar surface area (TPSA) is 52.5 Å². The summed E-state index contributed by atoms with van der Waals surface area (Å²) >= 11 is 1.80. The average molecular weight is 170 g/mol. The minimum absolute atomic E-state index is 0.734. The SMILES string of the molecule is CC1=C(CSCCN)[N]C=N1. The van der Waals surface area contributed by atoms with E-state index in [0.717, 1.165) is 29.4 Å². The molecule has 2 N–H and O–H groups in total. The Morgan fingerprint density at radius 3 is 3.00 bits per heavy atom. The molecule has 4 heteroatoms. The van der Waals surface area contributed by atoms with Crippen LogP contribution in [0.15, 0.2) is 16.4 Å². The first kappa shape index (κ1) is 8.62. The van der Waals surface area contributed by atoms with Gasteiger partial charge in [-0.1, -0.05) is 0 Å². The van der Waals surface area contributed by atoms with E-state index in [2.05, 4.69) is 10.3 Å². The molecule has 1 aliphatic rings. The van der Waals surface area contributed by atoms with Crippen molar-refractivity contribution in [2.75, 3.05) is 18.1 Å². The van der Waals surface area contributed by atoms with E-state index in [9.17, 15) is 0 Å². The van der Waals surface area contributed by atoms with Gasteiger partial charge in [-0.15, -0.1) is 0 Å². The number of rotatable bonds is 4. The molecule has 0 saturated carbocycles. The van der Waals surface area contributed by atoms with Crippen molar-refractivity contribution in [2.45, 2.75) is 6.92 Å². The number of hydrogen-bond acceptors (Lipinski definition) is 3. The molecule has 1 rings (SSSR count). The van der Waals surface area contributed by atoms with E-state index in [-0.39, 0.29) is 0 Å². The van der Waals surface area contributed by atoms with Crippen LogP contribution in [-0.4, -0.2) is 24.4 Å². The average Bonchev–Trinajstić information content (AvgIpc) is 2.37. The van der Waals surface area contributed by atoms with Crippen molar-refractivity contribution < 1.29 is 0 Å². The van der Waals surface area contributed by atoms with Crippen molar-refractivity contribution in [1.29, 1.82) is 0 Å². The van der Waals surface area contributed by atoms with Crippen molar-refractivity contribution in [3.05, 3.63) is 11.4 Å². The monoisotopic (exact) mass is 170 g/mol. The third-order valence-electron chi connectivity index (χ3n) is 1.38. The molecule has 1 heterocycles. The summed E-state index contributed by atoms with van der Waals surface area (Å²) in [5.41, 5.74) is 7.47. The molecule has 0 amide bonds. The van der Waals surface area contributed by atoms with Gasteiger partial charge in [0.05, 0.1) is 11.4 Å². The summed E-state index contributed by atoms with van der Waals surface area (Å²) in [6, 6.07) is 0. The second kappa shape index (κ2) is 4.41. The Morgan fingerprint density at radius 1 is 1.64 bits per heavy atom. The first-order chi connectivity index (χ1) is 5.34. The van der Waals surface area contributed by atoms with E-state index in [1.807, 2.05) is 6.92 Å². The van der Waals surface area contributed by atoms with E-state index in [1.54, 1.807) is 18.1 Å². The highest BCUT2D eigenvalue weighted by atomic mass is 32.2. The van der Waals surface area contributed by atoms with Crippen LogP contribution in [0.3, 0.4) is 0 Å². The van der Waals surface area contributed by atoms with Gasteiger partial charge < -0.3 is 5.73 Å². The van der Waals surface area contributed by atoms with E-state index in [4.69, 9.17) is 5.73 Å². The summed E-state index contributed by atoms with van der Waals surface area (Å²) in [5, 5.41) is 4.11. The van der Waals surface area contributed by atoms with E-state index < -0.39 is 0 Å². The van der Waals surface area contributed by atoms with Gasteiger partial charge in [0, 0.05) is 18.1 Å². The smallest absolute Gasteiger partial charge is 0.116 e. The zero-order valence-electron chi connectivity index (χ0n) is 6.58. The maximum absolute atomic E-state index is 5.35. The molecule has 1 radical (unpaired) electrons. The molecule has 1 aliphatic heterocycles. The fourth-order valence-corrected chi connectivity index (χ4v) is 1.53. The second-order valence-corrected chi connectivity index (χ2v) is 3.35. The van der Waals surface area contributed by atoms with Crippen LogP contribution in [0.4, 0.5) is 0 Å². The van der Waals surface area contributed by atoms with Gasteiger partial charge in [-0.05, 0) is 6.92 Å². The summed E-state index contributed by atoms with van der Waals surface area (Å²) in [7, 11) is 0. The van der Waals surface area contributed by atoms with Crippen LogP contribution < -0.4 is 11.1 Å². The molecule has 0 saturated heterocycles. The Kier molecular flexibility index (Phi) is 3.45. The lowest BCUT2D eigenvalue weighted by atomic mass is 10.4. The number of thioether (sulfide) groups is 1. The van der Waals surface area contributed by atoms with Crippen molar-refractivity contribution in [3.8, 4) is 0 Å². The first-order valence-corrected chi connectivity index (χ1v) is 4.71. The van der Waals surface area contributed by atoms with Crippen LogP contribution in [0.5, 0.6) is 0 Å². The Labute approximate surface area is 71.1 Å². The number of aliphatic imine (C=N–C) groups is 1. The molecule has 3 nitrogen and oxygen atoms in total. The summed E-state index contributed by atoms with van der Waals surface area (Å²) in [6.45, 7) is 2.71. The summed E-state index contributed by atoms with van der Waals surface area (Å²) in [4.78, 5) is 4.04. The summed E-state index contributed by atoms with van der Waals surface area (Å²) < 4.78 is 0. The third kappa shape index (κ3) is 2.55. The number of allylic oxidation sites excluding steroid dienone is 1. The predicted molar refractivity (Wildman–Crippen MR) is 49.7 cm³/mol. The molecule has 0 aromatic rings. The molecule has 0 aromatic heterocycles. The van der Waals surface area contributed by atoms with Crippen molar-refractivity contribution in [2.24, 2.45) is 10.7 Å². The molecule has 0 aliphatic carbocycles. The molecule has 11 heavy (non-hydrogen) atoms. The highest BCUT2D eigenvalue weighted by Gasteiger charge is 2.06. The van der Waals surface area contributed by atoms with Crippen LogP contribution in [0.2, 0.25) is 0 Å². The van der Waals surface area contributed by atoms with E-state index in [1.165, 1.54) is 0 Å². The maximum Gasteiger partial charge on any atom is 0.116 e. The standard InChI is InChI=1S/C7H12N3S/c1-6-7(10-5-9-6)4-11-3-2-8/h5H,2-4,8H2,1H3. The van der Waals surface area contributed by atoms with Crippen LogP contribution in [0.1, 0.15) is 6.92 Å². The lowest BCUT2D eigenvalue weighted by molar-refractivity contribution is 1.11. The van der Waals surface area contributed by atoms with Crippen LogP contribution in [0, 0.1) is 0 Å². The van der Waals surface area contributed by atoms with Gasteiger partial charge in [-0.2, -0.15) is 11.8 Å². The van der Waals surface area contributed by atoms with Gasteiger partial charge in [-0.25, -0.2) is 10.3 Å². The highest BCUT2D eigenvalue weighted by Crippen LogP contribution is 2.13.